The summed E-state index contributed by atoms with van der Waals surface area (Å²) < 4.78 is 3.40. The third kappa shape index (κ3) is 2.63. The SMILES string of the molecule is CC(C)(C)c1ncn2c1C=c1c(=O)[nH]/c(=C\c3ccccc3)c(=O)n1C2. The molecule has 3 heterocycles. The molecule has 3 aromatic rings. The Kier molecular flexibility index (Phi) is 3.57. The molecule has 0 amide bonds. The number of aromatic amines is 1. The van der Waals surface area contributed by atoms with Crippen LogP contribution < -0.4 is 21.8 Å². The third-order valence-corrected chi connectivity index (χ3v) is 4.51. The molecule has 26 heavy (non-hydrogen) atoms. The van der Waals surface area contributed by atoms with Gasteiger partial charge in [-0.1, -0.05) is 51.1 Å². The van der Waals surface area contributed by atoms with Gasteiger partial charge in [-0.15, -0.1) is 0 Å². The number of H-pyrrole nitrogens is 1. The summed E-state index contributed by atoms with van der Waals surface area (Å²) in [5, 5.41) is 0.636. The highest BCUT2D eigenvalue weighted by Gasteiger charge is 2.24. The summed E-state index contributed by atoms with van der Waals surface area (Å²) in [6.07, 6.45) is 5.17. The fraction of sp³-hybridized carbons (Fsp3) is 0.250. The highest BCUT2D eigenvalue weighted by Crippen LogP contribution is 2.25. The van der Waals surface area contributed by atoms with Crippen LogP contribution in [0.3, 0.4) is 0 Å². The molecule has 2 aromatic heterocycles. The molecule has 0 spiro atoms. The molecule has 0 fully saturated rings. The van der Waals surface area contributed by atoms with E-state index in [0.29, 0.717) is 5.35 Å². The summed E-state index contributed by atoms with van der Waals surface area (Å²) in [6.45, 7) is 6.51. The lowest BCUT2D eigenvalue weighted by molar-refractivity contribution is 0.536. The van der Waals surface area contributed by atoms with Crippen LogP contribution in [0.15, 0.2) is 46.2 Å². The van der Waals surface area contributed by atoms with E-state index in [9.17, 15) is 9.59 Å². The molecule has 4 rings (SSSR count). The number of hydrogen-bond acceptors (Lipinski definition) is 3. The van der Waals surface area contributed by atoms with Crippen LogP contribution in [-0.2, 0) is 12.1 Å². The first-order valence-electron chi connectivity index (χ1n) is 8.52. The number of nitrogens with zero attached hydrogens (tertiary/aromatic N) is 3. The van der Waals surface area contributed by atoms with Gasteiger partial charge >= 0.3 is 0 Å². The van der Waals surface area contributed by atoms with E-state index in [0.717, 1.165) is 17.0 Å². The average Bonchev–Trinajstić information content (AvgIpc) is 3.02. The number of fused-ring (bicyclic) bond motifs is 2. The molecule has 0 saturated carbocycles. The lowest BCUT2D eigenvalue weighted by Gasteiger charge is -2.20. The Balaban J connectivity index is 1.97. The van der Waals surface area contributed by atoms with Crippen LogP contribution in [0.2, 0.25) is 0 Å². The zero-order valence-electron chi connectivity index (χ0n) is 15.0. The second-order valence-corrected chi connectivity index (χ2v) is 7.53. The van der Waals surface area contributed by atoms with Crippen molar-refractivity contribution in [2.75, 3.05) is 0 Å². The predicted octanol–water partition coefficient (Wildman–Crippen LogP) is 0.507. The van der Waals surface area contributed by atoms with E-state index < -0.39 is 0 Å². The van der Waals surface area contributed by atoms with Crippen LogP contribution in [0.5, 0.6) is 0 Å². The molecule has 1 aliphatic rings. The van der Waals surface area contributed by atoms with Gasteiger partial charge in [-0.2, -0.15) is 0 Å². The molecule has 0 bridgehead atoms. The van der Waals surface area contributed by atoms with Crippen molar-refractivity contribution >= 4 is 12.2 Å². The first-order valence-corrected chi connectivity index (χ1v) is 8.52. The first kappa shape index (κ1) is 16.3. The van der Waals surface area contributed by atoms with Crippen molar-refractivity contribution in [2.45, 2.75) is 32.9 Å². The van der Waals surface area contributed by atoms with Crippen molar-refractivity contribution in [1.82, 2.24) is 19.1 Å². The molecule has 1 N–H and O–H groups in total. The monoisotopic (exact) mass is 348 g/mol. The van der Waals surface area contributed by atoms with Gasteiger partial charge in [0.15, 0.2) is 0 Å². The van der Waals surface area contributed by atoms with Gasteiger partial charge in [0.1, 0.15) is 17.4 Å². The maximum absolute atomic E-state index is 12.9. The van der Waals surface area contributed by atoms with Crippen molar-refractivity contribution < 1.29 is 0 Å². The van der Waals surface area contributed by atoms with Crippen LogP contribution >= 0.6 is 0 Å². The molecular weight excluding hydrogens is 328 g/mol. The van der Waals surface area contributed by atoms with E-state index >= 15 is 0 Å². The maximum atomic E-state index is 12.9. The van der Waals surface area contributed by atoms with Crippen molar-refractivity contribution in [2.24, 2.45) is 0 Å². The van der Waals surface area contributed by atoms with E-state index in [1.54, 1.807) is 18.5 Å². The van der Waals surface area contributed by atoms with Crippen molar-refractivity contribution in [3.63, 3.8) is 0 Å². The van der Waals surface area contributed by atoms with Crippen LogP contribution in [0.25, 0.3) is 12.2 Å². The number of benzene rings is 1. The lowest BCUT2D eigenvalue weighted by Crippen LogP contribution is -2.55. The zero-order valence-corrected chi connectivity index (χ0v) is 15.0. The zero-order chi connectivity index (χ0) is 18.5. The second-order valence-electron chi connectivity index (χ2n) is 7.53. The van der Waals surface area contributed by atoms with Gasteiger partial charge in [0.2, 0.25) is 0 Å². The Bertz CT molecular complexity index is 1220. The van der Waals surface area contributed by atoms with Gasteiger partial charge in [0.05, 0.1) is 17.7 Å². The second kappa shape index (κ2) is 5.69. The number of imidazole rings is 1. The number of hydrogen-bond donors (Lipinski definition) is 1. The van der Waals surface area contributed by atoms with Gasteiger partial charge in [0.25, 0.3) is 11.1 Å². The summed E-state index contributed by atoms with van der Waals surface area (Å²) >= 11 is 0. The molecule has 6 heteroatoms. The molecule has 0 saturated heterocycles. The highest BCUT2D eigenvalue weighted by molar-refractivity contribution is 5.51. The fourth-order valence-electron chi connectivity index (χ4n) is 3.23. The van der Waals surface area contributed by atoms with E-state index in [1.807, 2.05) is 34.9 Å². The molecule has 0 unspecified atom stereocenters. The molecular formula is C20H20N4O2. The summed E-state index contributed by atoms with van der Waals surface area (Å²) in [7, 11) is 0. The minimum Gasteiger partial charge on any atom is -0.316 e. The predicted molar refractivity (Wildman–Crippen MR) is 100 cm³/mol. The molecule has 1 aromatic carbocycles. The maximum Gasteiger partial charge on any atom is 0.276 e. The van der Waals surface area contributed by atoms with Crippen LogP contribution in [0, 0.1) is 0 Å². The molecule has 0 atom stereocenters. The van der Waals surface area contributed by atoms with Crippen LogP contribution in [-0.4, -0.2) is 19.1 Å². The summed E-state index contributed by atoms with van der Waals surface area (Å²) in [4.78, 5) is 32.7. The smallest absolute Gasteiger partial charge is 0.276 e. The van der Waals surface area contributed by atoms with Gasteiger partial charge in [-0.25, -0.2) is 4.98 Å². The number of nitrogens with one attached hydrogen (secondary N) is 1. The van der Waals surface area contributed by atoms with Gasteiger partial charge < -0.3 is 9.55 Å². The van der Waals surface area contributed by atoms with Crippen LogP contribution in [0.1, 0.15) is 37.7 Å². The van der Waals surface area contributed by atoms with Crippen molar-refractivity contribution in [3.05, 3.63) is 85.0 Å². The van der Waals surface area contributed by atoms with Gasteiger partial charge in [-0.3, -0.25) is 14.2 Å². The Morgan fingerprint density at radius 1 is 1.15 bits per heavy atom. The summed E-state index contributed by atoms with van der Waals surface area (Å²) in [5.41, 5.74) is 2.00. The summed E-state index contributed by atoms with van der Waals surface area (Å²) in [6, 6.07) is 9.45. The molecule has 6 nitrogen and oxygen atoms in total. The van der Waals surface area contributed by atoms with Gasteiger partial charge in [0, 0.05) is 5.41 Å². The largest absolute Gasteiger partial charge is 0.316 e. The Morgan fingerprint density at radius 2 is 1.88 bits per heavy atom. The van der Waals surface area contributed by atoms with E-state index in [-0.39, 0.29) is 28.6 Å². The van der Waals surface area contributed by atoms with Crippen molar-refractivity contribution in [1.29, 1.82) is 0 Å². The minimum atomic E-state index is -0.279. The topological polar surface area (TPSA) is 72.7 Å². The minimum absolute atomic E-state index is 0.145. The third-order valence-electron chi connectivity index (χ3n) is 4.51. The molecule has 0 radical (unpaired) electrons. The Hall–Kier alpha value is -3.15. The molecule has 132 valence electrons. The normalized spacial score (nSPS) is 13.9. The van der Waals surface area contributed by atoms with E-state index in [2.05, 4.69) is 30.7 Å². The lowest BCUT2D eigenvalue weighted by atomic mass is 9.90. The van der Waals surface area contributed by atoms with E-state index in [4.69, 9.17) is 0 Å². The quantitative estimate of drug-likeness (QED) is 0.545. The van der Waals surface area contributed by atoms with Crippen molar-refractivity contribution in [3.8, 4) is 0 Å². The average molecular weight is 348 g/mol. The fourth-order valence-corrected chi connectivity index (χ4v) is 3.23. The number of aromatic nitrogens is 4. The Labute approximate surface area is 149 Å². The number of rotatable bonds is 1. The van der Waals surface area contributed by atoms with Crippen LogP contribution in [0.4, 0.5) is 0 Å². The van der Waals surface area contributed by atoms with E-state index in [1.165, 1.54) is 4.57 Å². The van der Waals surface area contributed by atoms with Gasteiger partial charge in [-0.05, 0) is 17.7 Å². The summed E-state index contributed by atoms with van der Waals surface area (Å²) in [5.74, 6) is 0. The molecule has 1 aliphatic heterocycles. The standard InChI is InChI=1S/C20H20N4O2/c1-20(2,3)17-15-10-16-18(25)22-14(9-13-7-5-4-6-8-13)19(26)24(16)12-23(15)11-21-17/h4-11H,12H2,1-3H3,(H,22,25)/b14-9-. The molecule has 0 aliphatic carbocycles. The highest BCUT2D eigenvalue weighted by atomic mass is 16.1. The Morgan fingerprint density at radius 3 is 2.58 bits per heavy atom. The first-order chi connectivity index (χ1) is 12.3.